The van der Waals surface area contributed by atoms with Crippen LogP contribution in [0.1, 0.15) is 111 Å². The molecule has 3 heterocycles. The molecule has 0 radical (unpaired) electrons. The highest BCUT2D eigenvalue weighted by atomic mass is 15.1. The van der Waals surface area contributed by atoms with Crippen molar-refractivity contribution >= 4 is 55.9 Å². The summed E-state index contributed by atoms with van der Waals surface area (Å²) < 4.78 is 2.65. The van der Waals surface area contributed by atoms with Crippen molar-refractivity contribution < 1.29 is 0 Å². The Hall–Kier alpha value is -10.7. The van der Waals surface area contributed by atoms with E-state index >= 15 is 0 Å². The van der Waals surface area contributed by atoms with Crippen LogP contribution in [-0.2, 0) is 21.7 Å². The minimum absolute atomic E-state index is 0.0595. The minimum Gasteiger partial charge on any atom is -0.310 e. The van der Waals surface area contributed by atoms with Gasteiger partial charge in [-0.15, -0.1) is 0 Å². The van der Waals surface area contributed by atoms with Gasteiger partial charge in [0.25, 0.3) is 0 Å². The summed E-state index contributed by atoms with van der Waals surface area (Å²) in [5, 5.41) is 2.59. The van der Waals surface area contributed by atoms with E-state index in [0.717, 1.165) is 34.1 Å². The zero-order valence-electron chi connectivity index (χ0n) is 55.8. The molecular formula is C92H75N3. The number of rotatable bonds is 10. The van der Waals surface area contributed by atoms with Gasteiger partial charge in [-0.1, -0.05) is 231 Å². The Bertz CT molecular complexity index is 5200. The smallest absolute Gasteiger partial charge is 0.0582 e. The van der Waals surface area contributed by atoms with Gasteiger partial charge in [-0.2, -0.15) is 0 Å². The van der Waals surface area contributed by atoms with E-state index in [-0.39, 0.29) is 21.7 Å². The third-order valence-electron chi connectivity index (χ3n) is 22.6. The predicted octanol–water partition coefficient (Wildman–Crippen LogP) is 24.9. The Balaban J connectivity index is 0.716. The second kappa shape index (κ2) is 20.4. The molecule has 2 aliphatic heterocycles. The number of benzene rings is 13. The Morgan fingerprint density at radius 1 is 0.242 bits per heavy atom. The summed E-state index contributed by atoms with van der Waals surface area (Å²) in [5.74, 6) is 0. The van der Waals surface area contributed by atoms with E-state index in [1.54, 1.807) is 0 Å². The predicted molar refractivity (Wildman–Crippen MR) is 401 cm³/mol. The molecule has 18 rings (SSSR count). The van der Waals surface area contributed by atoms with Crippen molar-refractivity contribution in [2.75, 3.05) is 9.80 Å². The Morgan fingerprint density at radius 2 is 0.537 bits per heavy atom. The van der Waals surface area contributed by atoms with Gasteiger partial charge in [-0.3, -0.25) is 0 Å². The van der Waals surface area contributed by atoms with Gasteiger partial charge < -0.3 is 14.4 Å². The maximum atomic E-state index is 2.65. The lowest BCUT2D eigenvalue weighted by Crippen LogP contribution is -2.33. The molecule has 0 fully saturated rings. The van der Waals surface area contributed by atoms with Gasteiger partial charge >= 0.3 is 0 Å². The first-order chi connectivity index (χ1) is 45.9. The van der Waals surface area contributed by atoms with Crippen molar-refractivity contribution in [3.8, 4) is 72.4 Å². The van der Waals surface area contributed by atoms with E-state index in [4.69, 9.17) is 0 Å². The molecule has 1 aromatic heterocycles. The van der Waals surface area contributed by atoms with Crippen molar-refractivity contribution in [2.45, 2.75) is 90.9 Å². The number of aromatic nitrogens is 1. The van der Waals surface area contributed by atoms with Crippen LogP contribution in [0.2, 0.25) is 0 Å². The second-order valence-corrected chi connectivity index (χ2v) is 29.4. The molecular weight excluding hydrogens is 1150 g/mol. The van der Waals surface area contributed by atoms with Gasteiger partial charge in [0.2, 0.25) is 0 Å². The fraction of sp³-hybridized carbons (Fsp3) is 0.152. The molecule has 2 aliphatic carbocycles. The molecule has 458 valence electrons. The fourth-order valence-corrected chi connectivity index (χ4v) is 17.3. The summed E-state index contributed by atoms with van der Waals surface area (Å²) >= 11 is 0. The van der Waals surface area contributed by atoms with E-state index in [1.807, 2.05) is 0 Å². The molecule has 0 unspecified atom stereocenters. The SMILES string of the molecule is Cc1ccccc1N(c1ccc(-c2ccc3c(c2)C(C)(C)c2ccccc2-3)cc1)c1ccc(-c2cc3c4c(c2)c2cc(-c5ccc(N(c6ccc(-c7ccc8c(c7)C(C)(C)c7ccccc7-8)cc6)c6ccccc6C)cc5)cc5c2n4-c2c(cccc2C5(C)C)C3(C)C)cc1. The van der Waals surface area contributed by atoms with Crippen molar-refractivity contribution in [1.82, 2.24) is 4.57 Å². The highest BCUT2D eigenvalue weighted by Gasteiger charge is 2.44. The van der Waals surface area contributed by atoms with Crippen molar-refractivity contribution in [3.05, 3.63) is 329 Å². The molecule has 0 spiro atoms. The quantitative estimate of drug-likeness (QED) is 0.135. The van der Waals surface area contributed by atoms with Crippen LogP contribution in [0.5, 0.6) is 0 Å². The number of para-hydroxylation sites is 3. The van der Waals surface area contributed by atoms with E-state index in [0.29, 0.717) is 0 Å². The summed E-state index contributed by atoms with van der Waals surface area (Å²) in [6.07, 6.45) is 0. The molecule has 0 atom stereocenters. The Morgan fingerprint density at radius 3 is 0.916 bits per heavy atom. The van der Waals surface area contributed by atoms with Crippen LogP contribution in [0.25, 0.3) is 94.3 Å². The fourth-order valence-electron chi connectivity index (χ4n) is 17.3. The number of nitrogens with zero attached hydrogens (tertiary/aromatic N) is 3. The van der Waals surface area contributed by atoms with Crippen molar-refractivity contribution in [3.63, 3.8) is 0 Å². The molecule has 0 saturated heterocycles. The van der Waals surface area contributed by atoms with Crippen LogP contribution in [0.3, 0.4) is 0 Å². The van der Waals surface area contributed by atoms with E-state index in [2.05, 4.69) is 357 Å². The van der Waals surface area contributed by atoms with Crippen LogP contribution in [0, 0.1) is 13.8 Å². The first-order valence-corrected chi connectivity index (χ1v) is 33.9. The zero-order valence-corrected chi connectivity index (χ0v) is 55.8. The minimum atomic E-state index is -0.264. The monoisotopic (exact) mass is 1220 g/mol. The summed E-state index contributed by atoms with van der Waals surface area (Å²) in [5.41, 5.74) is 38.8. The topological polar surface area (TPSA) is 11.4 Å². The van der Waals surface area contributed by atoms with Crippen LogP contribution < -0.4 is 9.80 Å². The maximum absolute atomic E-state index is 2.65. The standard InChI is InChI=1S/C92H75N3/c1-56-20-11-17-28-84(56)93(66-40-30-58(31-41-66)62-38-48-72-70-22-13-15-24-76(70)89(3,4)80(72)52-62)68-44-34-60(35-45-68)64-50-74-75-51-65(55-83-87(75)95-86(74)82(54-64)91(7,8)78-26-19-27-79(88(78)95)92(83,9)10)61-36-46-69(47-37-61)94(85-29-18-12-21-57(85)2)67-42-32-59(33-43-67)63-39-49-73-71-23-14-16-25-77(71)90(5,6)81(73)53-63/h11-55H,1-10H3. The molecule has 14 aromatic rings. The molecule has 0 amide bonds. The van der Waals surface area contributed by atoms with Gasteiger partial charge in [0.15, 0.2) is 0 Å². The Kier molecular flexibility index (Phi) is 12.2. The van der Waals surface area contributed by atoms with Crippen LogP contribution in [0.4, 0.5) is 34.1 Å². The normalized spacial score (nSPS) is 15.0. The van der Waals surface area contributed by atoms with Crippen LogP contribution >= 0.6 is 0 Å². The van der Waals surface area contributed by atoms with Gasteiger partial charge in [-0.25, -0.2) is 0 Å². The second-order valence-electron chi connectivity index (χ2n) is 29.4. The maximum Gasteiger partial charge on any atom is 0.0582 e. The molecule has 13 aromatic carbocycles. The molecule has 3 heteroatoms. The zero-order chi connectivity index (χ0) is 64.6. The average Bonchev–Trinajstić information content (AvgIpc) is 1.57. The molecule has 4 aliphatic rings. The van der Waals surface area contributed by atoms with E-state index in [9.17, 15) is 0 Å². The summed E-state index contributed by atoms with van der Waals surface area (Å²) in [6.45, 7) is 23.6. The largest absolute Gasteiger partial charge is 0.310 e. The van der Waals surface area contributed by atoms with Crippen LogP contribution in [0.15, 0.2) is 273 Å². The molecule has 3 nitrogen and oxygen atoms in total. The van der Waals surface area contributed by atoms with Crippen molar-refractivity contribution in [1.29, 1.82) is 0 Å². The molecule has 0 N–H and O–H groups in total. The van der Waals surface area contributed by atoms with Gasteiger partial charge in [0.1, 0.15) is 0 Å². The van der Waals surface area contributed by atoms with E-state index in [1.165, 1.54) is 150 Å². The molecule has 95 heavy (non-hydrogen) atoms. The third-order valence-corrected chi connectivity index (χ3v) is 22.6. The summed E-state index contributed by atoms with van der Waals surface area (Å²) in [7, 11) is 0. The highest BCUT2D eigenvalue weighted by molar-refractivity contribution is 6.16. The third kappa shape index (κ3) is 8.31. The molecule has 0 saturated carbocycles. The number of hydrogen-bond donors (Lipinski definition) is 0. The highest BCUT2D eigenvalue weighted by Crippen LogP contribution is 2.58. The van der Waals surface area contributed by atoms with Crippen molar-refractivity contribution in [2.24, 2.45) is 0 Å². The van der Waals surface area contributed by atoms with Gasteiger partial charge in [0, 0.05) is 66.6 Å². The molecule has 0 bridgehead atoms. The van der Waals surface area contributed by atoms with Gasteiger partial charge in [-0.05, 0) is 233 Å². The summed E-state index contributed by atoms with van der Waals surface area (Å²) in [6, 6.07) is 104. The summed E-state index contributed by atoms with van der Waals surface area (Å²) in [4.78, 5) is 4.84. The Labute approximate surface area is 558 Å². The van der Waals surface area contributed by atoms with Gasteiger partial charge in [0.05, 0.1) is 16.7 Å². The number of anilines is 6. The lowest BCUT2D eigenvalue weighted by Gasteiger charge is -2.42. The number of aryl methyl sites for hydroxylation is 2. The lowest BCUT2D eigenvalue weighted by molar-refractivity contribution is 0.594. The van der Waals surface area contributed by atoms with Crippen LogP contribution in [-0.4, -0.2) is 4.57 Å². The first-order valence-electron chi connectivity index (χ1n) is 33.9. The number of fused-ring (bicyclic) bond motifs is 7. The lowest BCUT2D eigenvalue weighted by atomic mass is 9.68. The van der Waals surface area contributed by atoms with E-state index < -0.39 is 0 Å². The average molecular weight is 1220 g/mol. The first kappa shape index (κ1) is 57.0. The number of hydrogen-bond acceptors (Lipinski definition) is 2.